The van der Waals surface area contributed by atoms with Crippen molar-refractivity contribution in [2.45, 2.75) is 39.1 Å². The van der Waals surface area contributed by atoms with Crippen molar-refractivity contribution in [3.63, 3.8) is 0 Å². The van der Waals surface area contributed by atoms with Crippen molar-refractivity contribution >= 4 is 39.3 Å². The zero-order valence-electron chi connectivity index (χ0n) is 17.8. The molecule has 6 nitrogen and oxygen atoms in total. The summed E-state index contributed by atoms with van der Waals surface area (Å²) in [5, 5.41) is 9.36. The molecule has 0 spiro atoms. The van der Waals surface area contributed by atoms with Gasteiger partial charge in [0.05, 0.1) is 5.69 Å². The van der Waals surface area contributed by atoms with Crippen LogP contribution in [0.3, 0.4) is 0 Å². The van der Waals surface area contributed by atoms with Crippen LogP contribution in [0.15, 0.2) is 52.1 Å². The molecule has 2 heterocycles. The maximum absolute atomic E-state index is 12.8. The fourth-order valence-corrected chi connectivity index (χ4v) is 4.54. The van der Waals surface area contributed by atoms with Gasteiger partial charge in [0.15, 0.2) is 5.69 Å². The van der Waals surface area contributed by atoms with Crippen LogP contribution in [0.5, 0.6) is 5.88 Å². The SMILES string of the molecule is CC(=O)N1c2ccc(C)cc2-c2nnc(SCC(C)C)nc2O[C@@H]1c1cccc(Br)c1. The van der Waals surface area contributed by atoms with Gasteiger partial charge in [0, 0.05) is 28.3 Å². The van der Waals surface area contributed by atoms with Crippen molar-refractivity contribution in [3.8, 4) is 17.1 Å². The lowest BCUT2D eigenvalue weighted by molar-refractivity contribution is -0.118. The summed E-state index contributed by atoms with van der Waals surface area (Å²) in [6.45, 7) is 7.83. The summed E-state index contributed by atoms with van der Waals surface area (Å²) < 4.78 is 7.30. The van der Waals surface area contributed by atoms with E-state index in [4.69, 9.17) is 4.74 Å². The molecule has 1 aliphatic heterocycles. The van der Waals surface area contributed by atoms with Crippen LogP contribution in [-0.4, -0.2) is 26.8 Å². The van der Waals surface area contributed by atoms with Crippen LogP contribution in [0.4, 0.5) is 5.69 Å². The van der Waals surface area contributed by atoms with Gasteiger partial charge in [0.25, 0.3) is 0 Å². The van der Waals surface area contributed by atoms with E-state index in [9.17, 15) is 4.79 Å². The largest absolute Gasteiger partial charge is 0.447 e. The predicted octanol–water partition coefficient (Wildman–Crippen LogP) is 5.80. The van der Waals surface area contributed by atoms with Crippen LogP contribution in [-0.2, 0) is 4.79 Å². The Kier molecular flexibility index (Phi) is 6.29. The second-order valence-corrected chi connectivity index (χ2v) is 9.79. The molecule has 0 fully saturated rings. The van der Waals surface area contributed by atoms with Crippen LogP contribution in [0, 0.1) is 12.8 Å². The van der Waals surface area contributed by atoms with Gasteiger partial charge in [-0.05, 0) is 37.1 Å². The molecule has 0 N–H and O–H groups in total. The van der Waals surface area contributed by atoms with Crippen molar-refractivity contribution in [2.75, 3.05) is 10.7 Å². The summed E-state index contributed by atoms with van der Waals surface area (Å²) in [6, 6.07) is 13.6. The number of hydrogen-bond acceptors (Lipinski definition) is 6. The summed E-state index contributed by atoms with van der Waals surface area (Å²) in [5.74, 6) is 1.62. The van der Waals surface area contributed by atoms with Crippen molar-refractivity contribution in [2.24, 2.45) is 5.92 Å². The number of thioether (sulfide) groups is 1. The summed E-state index contributed by atoms with van der Waals surface area (Å²) in [6.07, 6.45) is -0.683. The third-order valence-electron chi connectivity index (χ3n) is 4.78. The van der Waals surface area contributed by atoms with Crippen molar-refractivity contribution in [3.05, 3.63) is 58.1 Å². The third-order valence-corrected chi connectivity index (χ3v) is 6.54. The van der Waals surface area contributed by atoms with Gasteiger partial charge in [-0.15, -0.1) is 10.2 Å². The lowest BCUT2D eigenvalue weighted by Crippen LogP contribution is -2.36. The second-order valence-electron chi connectivity index (χ2n) is 7.89. The van der Waals surface area contributed by atoms with Crippen LogP contribution >= 0.6 is 27.7 Å². The number of carbonyl (C=O) groups is 1. The second kappa shape index (κ2) is 8.96. The molecule has 1 aromatic heterocycles. The van der Waals surface area contributed by atoms with Crippen LogP contribution in [0.1, 0.15) is 38.1 Å². The first kappa shape index (κ1) is 21.8. The van der Waals surface area contributed by atoms with Crippen LogP contribution in [0.2, 0.25) is 0 Å². The molecule has 31 heavy (non-hydrogen) atoms. The first-order chi connectivity index (χ1) is 14.8. The Morgan fingerprint density at radius 2 is 2.03 bits per heavy atom. The van der Waals surface area contributed by atoms with Crippen molar-refractivity contribution in [1.29, 1.82) is 0 Å². The first-order valence-electron chi connectivity index (χ1n) is 10.0. The molecular formula is C23H23BrN4O2S. The van der Waals surface area contributed by atoms with Gasteiger partial charge in [-0.2, -0.15) is 4.98 Å². The molecule has 0 unspecified atom stereocenters. The maximum atomic E-state index is 12.8. The quantitative estimate of drug-likeness (QED) is 0.423. The molecule has 0 bridgehead atoms. The smallest absolute Gasteiger partial charge is 0.247 e. The molecule has 160 valence electrons. The predicted molar refractivity (Wildman–Crippen MR) is 126 cm³/mol. The molecule has 0 saturated carbocycles. The Morgan fingerprint density at radius 1 is 1.23 bits per heavy atom. The first-order valence-corrected chi connectivity index (χ1v) is 11.8. The summed E-state index contributed by atoms with van der Waals surface area (Å²) in [7, 11) is 0. The minimum atomic E-state index is -0.683. The lowest BCUT2D eigenvalue weighted by atomic mass is 10.0. The number of nitrogens with zero attached hydrogens (tertiary/aromatic N) is 4. The molecule has 0 aliphatic carbocycles. The van der Waals surface area contributed by atoms with E-state index in [-0.39, 0.29) is 5.91 Å². The molecule has 4 rings (SSSR count). The highest BCUT2D eigenvalue weighted by Crippen LogP contribution is 2.44. The number of amides is 1. The van der Waals surface area contributed by atoms with E-state index in [1.807, 2.05) is 49.4 Å². The number of aryl methyl sites for hydroxylation is 1. The van der Waals surface area contributed by atoms with Gasteiger partial charge in [0.1, 0.15) is 0 Å². The maximum Gasteiger partial charge on any atom is 0.247 e. The molecular weight excluding hydrogens is 476 g/mol. The average Bonchev–Trinajstić information content (AvgIpc) is 2.86. The van der Waals surface area contributed by atoms with Crippen molar-refractivity contribution < 1.29 is 9.53 Å². The molecule has 1 aliphatic rings. The zero-order valence-corrected chi connectivity index (χ0v) is 20.2. The van der Waals surface area contributed by atoms with Crippen LogP contribution < -0.4 is 9.64 Å². The zero-order chi connectivity index (χ0) is 22.1. The van der Waals surface area contributed by atoms with Gasteiger partial charge in [0.2, 0.25) is 23.2 Å². The number of carbonyl (C=O) groups excluding carboxylic acids is 1. The number of rotatable bonds is 4. The Bertz CT molecular complexity index is 1140. The molecule has 8 heteroatoms. The minimum absolute atomic E-state index is 0.134. The van der Waals surface area contributed by atoms with E-state index in [1.165, 1.54) is 6.92 Å². The lowest BCUT2D eigenvalue weighted by Gasteiger charge is -2.30. The Balaban J connectivity index is 1.91. The van der Waals surface area contributed by atoms with Gasteiger partial charge in [-0.3, -0.25) is 9.69 Å². The number of ether oxygens (including phenoxy) is 1. The third kappa shape index (κ3) is 4.60. The van der Waals surface area contributed by atoms with E-state index in [0.717, 1.165) is 32.6 Å². The fourth-order valence-electron chi connectivity index (χ4n) is 3.40. The van der Waals surface area contributed by atoms with Gasteiger partial charge >= 0.3 is 0 Å². The fraction of sp³-hybridized carbons (Fsp3) is 0.304. The highest BCUT2D eigenvalue weighted by atomic mass is 79.9. The number of halogens is 1. The summed E-state index contributed by atoms with van der Waals surface area (Å²) >= 11 is 5.07. The molecule has 1 amide bonds. The summed E-state index contributed by atoms with van der Waals surface area (Å²) in [4.78, 5) is 19.2. The summed E-state index contributed by atoms with van der Waals surface area (Å²) in [5.41, 5.74) is 3.92. The van der Waals surface area contributed by atoms with E-state index in [1.54, 1.807) is 16.7 Å². The molecule has 2 aromatic carbocycles. The van der Waals surface area contributed by atoms with E-state index >= 15 is 0 Å². The average molecular weight is 499 g/mol. The van der Waals surface area contributed by atoms with E-state index in [0.29, 0.717) is 22.6 Å². The molecule has 3 aromatic rings. The Hall–Kier alpha value is -2.45. The minimum Gasteiger partial charge on any atom is -0.447 e. The highest BCUT2D eigenvalue weighted by Gasteiger charge is 2.34. The van der Waals surface area contributed by atoms with Crippen molar-refractivity contribution in [1.82, 2.24) is 15.2 Å². The topological polar surface area (TPSA) is 68.2 Å². The molecule has 1 atom stereocenters. The van der Waals surface area contributed by atoms with Gasteiger partial charge in [-0.25, -0.2) is 0 Å². The number of hydrogen-bond donors (Lipinski definition) is 0. The highest BCUT2D eigenvalue weighted by molar-refractivity contribution is 9.10. The van der Waals surface area contributed by atoms with Gasteiger partial charge in [-0.1, -0.05) is 65.3 Å². The molecule has 0 saturated heterocycles. The number of aromatic nitrogens is 3. The molecule has 0 radical (unpaired) electrons. The van der Waals surface area contributed by atoms with E-state index in [2.05, 4.69) is 45.0 Å². The van der Waals surface area contributed by atoms with Gasteiger partial charge < -0.3 is 4.74 Å². The standard InChI is InChI=1S/C23H23BrN4O2S/c1-13(2)12-31-23-25-21-20(26-27-23)18-10-14(3)8-9-19(18)28(15(4)29)22(30-21)16-6-5-7-17(24)11-16/h5-11,13,22H,12H2,1-4H3/t22-/m1/s1. The number of fused-ring (bicyclic) bond motifs is 3. The monoisotopic (exact) mass is 498 g/mol. The van der Waals surface area contributed by atoms with Crippen LogP contribution in [0.25, 0.3) is 11.3 Å². The van der Waals surface area contributed by atoms with E-state index < -0.39 is 6.23 Å². The Morgan fingerprint density at radius 3 is 2.74 bits per heavy atom. The normalized spacial score (nSPS) is 15.2. The number of benzene rings is 2. The number of anilines is 1. The Labute approximate surface area is 194 Å².